The highest BCUT2D eigenvalue weighted by molar-refractivity contribution is 7.07. The summed E-state index contributed by atoms with van der Waals surface area (Å²) in [5.41, 5.74) is 1.05. The molecule has 90 valence electrons. The van der Waals surface area contributed by atoms with Gasteiger partial charge in [0, 0.05) is 18.7 Å². The van der Waals surface area contributed by atoms with E-state index >= 15 is 0 Å². The summed E-state index contributed by atoms with van der Waals surface area (Å²) in [6.45, 7) is 1.72. The fourth-order valence-corrected chi connectivity index (χ4v) is 3.02. The fraction of sp³-hybridized carbons (Fsp3) is 0.500. The molecule has 3 rings (SSSR count). The largest absolute Gasteiger partial charge is 0.473 e. The third-order valence-electron chi connectivity index (χ3n) is 3.26. The van der Waals surface area contributed by atoms with E-state index in [1.807, 2.05) is 21.7 Å². The molecule has 0 spiro atoms. The van der Waals surface area contributed by atoms with Gasteiger partial charge in [-0.3, -0.25) is 4.79 Å². The van der Waals surface area contributed by atoms with Crippen LogP contribution in [0.4, 0.5) is 0 Å². The normalized spacial score (nSPS) is 27.4. The Hall–Kier alpha value is -1.36. The zero-order valence-electron chi connectivity index (χ0n) is 9.41. The Bertz CT molecular complexity index is 424. The molecule has 0 saturated carbocycles. The highest BCUT2D eigenvalue weighted by Crippen LogP contribution is 2.30. The van der Waals surface area contributed by atoms with Crippen LogP contribution < -0.4 is 0 Å². The third kappa shape index (κ3) is 1.95. The van der Waals surface area contributed by atoms with Crippen molar-refractivity contribution in [3.63, 3.8) is 0 Å². The van der Waals surface area contributed by atoms with E-state index in [9.17, 15) is 4.79 Å². The second kappa shape index (κ2) is 4.49. The minimum Gasteiger partial charge on any atom is -0.473 e. The summed E-state index contributed by atoms with van der Waals surface area (Å²) in [6.07, 6.45) is 3.40. The maximum atomic E-state index is 12.3. The second-order valence-electron chi connectivity index (χ2n) is 4.35. The Morgan fingerprint density at radius 3 is 3.00 bits per heavy atom. The van der Waals surface area contributed by atoms with Crippen molar-refractivity contribution in [3.8, 4) is 0 Å². The Balaban J connectivity index is 1.77. The Morgan fingerprint density at radius 2 is 2.29 bits per heavy atom. The van der Waals surface area contributed by atoms with Gasteiger partial charge >= 0.3 is 0 Å². The van der Waals surface area contributed by atoms with Gasteiger partial charge in [-0.25, -0.2) is 4.99 Å². The molecule has 0 N–H and O–H groups in total. The number of carbonyl (C=O) groups is 1. The maximum absolute atomic E-state index is 12.3. The summed E-state index contributed by atoms with van der Waals surface area (Å²) < 4.78 is 5.46. The first kappa shape index (κ1) is 10.8. The molecule has 0 aliphatic carbocycles. The van der Waals surface area contributed by atoms with Gasteiger partial charge in [0.1, 0.15) is 0 Å². The van der Waals surface area contributed by atoms with Crippen molar-refractivity contribution in [3.05, 3.63) is 22.4 Å². The molecule has 0 bridgehead atoms. The lowest BCUT2D eigenvalue weighted by Crippen LogP contribution is -2.38. The average molecular weight is 250 g/mol. The maximum Gasteiger partial charge on any atom is 0.251 e. The number of thiophene rings is 1. The predicted octanol–water partition coefficient (Wildman–Crippen LogP) is 1.84. The number of likely N-dealkylation sites (tertiary alicyclic amines) is 1. The molecule has 2 atom stereocenters. The number of nitrogens with zero attached hydrogens (tertiary/aromatic N) is 2. The summed E-state index contributed by atoms with van der Waals surface area (Å²) in [5.74, 6) is 0.104. The third-order valence-corrected chi connectivity index (χ3v) is 3.96. The summed E-state index contributed by atoms with van der Waals surface area (Å²) in [6, 6.07) is 1.61. The molecule has 0 aromatic carbocycles. The van der Waals surface area contributed by atoms with Crippen molar-refractivity contribution >= 4 is 23.6 Å². The van der Waals surface area contributed by atoms with Crippen LogP contribution in [0, 0.1) is 0 Å². The molecule has 2 aliphatic heterocycles. The molecule has 0 radical (unpaired) electrons. The lowest BCUT2D eigenvalue weighted by Gasteiger charge is -2.21. The van der Waals surface area contributed by atoms with E-state index in [0.717, 1.165) is 31.5 Å². The quantitative estimate of drug-likeness (QED) is 0.803. The number of aliphatic imine (C=N–C) groups is 1. The molecule has 4 nitrogen and oxygen atoms in total. The van der Waals surface area contributed by atoms with E-state index in [1.54, 1.807) is 11.3 Å². The van der Waals surface area contributed by atoms with Gasteiger partial charge in [-0.15, -0.1) is 0 Å². The first-order valence-corrected chi connectivity index (χ1v) is 6.78. The average Bonchev–Trinajstić information content (AvgIpc) is 3.09. The fourth-order valence-electron chi connectivity index (χ4n) is 2.33. The highest BCUT2D eigenvalue weighted by Gasteiger charge is 2.37. The van der Waals surface area contributed by atoms with Crippen molar-refractivity contribution < 1.29 is 9.53 Å². The first-order valence-electron chi connectivity index (χ1n) is 5.84. The lowest BCUT2D eigenvalue weighted by molar-refractivity contribution is -0.133. The highest BCUT2D eigenvalue weighted by atomic mass is 32.1. The molecule has 1 saturated heterocycles. The van der Waals surface area contributed by atoms with Gasteiger partial charge < -0.3 is 9.64 Å². The molecule has 1 aromatic heterocycles. The molecule has 1 amide bonds. The molecule has 2 aliphatic rings. The zero-order chi connectivity index (χ0) is 11.7. The van der Waals surface area contributed by atoms with Gasteiger partial charge in [-0.05, 0) is 29.7 Å². The Labute approximate surface area is 104 Å². The molecule has 3 heterocycles. The minimum absolute atomic E-state index is 0.104. The molecule has 2 unspecified atom stereocenters. The number of carbonyl (C=O) groups excluding carboxylic acids is 1. The predicted molar refractivity (Wildman–Crippen MR) is 66.2 cm³/mol. The van der Waals surface area contributed by atoms with Gasteiger partial charge in [-0.2, -0.15) is 11.3 Å². The molecule has 1 aromatic rings. The summed E-state index contributed by atoms with van der Waals surface area (Å²) in [4.78, 5) is 18.4. The van der Waals surface area contributed by atoms with E-state index in [4.69, 9.17) is 4.74 Å². The van der Waals surface area contributed by atoms with Crippen LogP contribution in [0.25, 0.3) is 0 Å². The van der Waals surface area contributed by atoms with Crippen molar-refractivity contribution in [2.75, 3.05) is 13.1 Å². The van der Waals surface area contributed by atoms with E-state index in [1.165, 1.54) is 6.40 Å². The van der Waals surface area contributed by atoms with Crippen LogP contribution in [0.3, 0.4) is 0 Å². The van der Waals surface area contributed by atoms with Gasteiger partial charge in [0.15, 0.2) is 18.5 Å². The number of hydrogen-bond acceptors (Lipinski definition) is 4. The van der Waals surface area contributed by atoms with E-state index in [2.05, 4.69) is 4.99 Å². The van der Waals surface area contributed by atoms with Crippen LogP contribution in [-0.2, 0) is 9.53 Å². The smallest absolute Gasteiger partial charge is 0.251 e. The molecule has 1 fully saturated rings. The molecule has 5 heteroatoms. The number of hydrogen-bond donors (Lipinski definition) is 0. The topological polar surface area (TPSA) is 41.9 Å². The van der Waals surface area contributed by atoms with Crippen molar-refractivity contribution in [2.45, 2.75) is 25.0 Å². The summed E-state index contributed by atoms with van der Waals surface area (Å²) >= 11 is 1.61. The van der Waals surface area contributed by atoms with Gasteiger partial charge in [0.2, 0.25) is 0 Å². The van der Waals surface area contributed by atoms with Crippen molar-refractivity contribution in [1.29, 1.82) is 0 Å². The van der Waals surface area contributed by atoms with Gasteiger partial charge in [0.05, 0.1) is 0 Å². The van der Waals surface area contributed by atoms with E-state index in [-0.39, 0.29) is 18.1 Å². The van der Waals surface area contributed by atoms with Gasteiger partial charge in [0.25, 0.3) is 5.91 Å². The van der Waals surface area contributed by atoms with Crippen LogP contribution >= 0.6 is 11.3 Å². The van der Waals surface area contributed by atoms with Crippen LogP contribution in [0.2, 0.25) is 0 Å². The Kier molecular flexibility index (Phi) is 2.84. The first-order chi connectivity index (χ1) is 8.36. The number of amides is 1. The minimum atomic E-state index is -0.386. The summed E-state index contributed by atoms with van der Waals surface area (Å²) in [7, 11) is 0. The SMILES string of the molecule is O=C(C1N=COC1c1ccsc1)N1CCCC1. The standard InChI is InChI=1S/C12H14N2O2S/c15-12(14-4-1-2-5-14)10-11(16-8-13-10)9-3-6-17-7-9/h3,6-8,10-11H,1-2,4-5H2. The van der Waals surface area contributed by atoms with E-state index in [0.29, 0.717) is 0 Å². The van der Waals surface area contributed by atoms with Crippen LogP contribution in [-0.4, -0.2) is 36.3 Å². The van der Waals surface area contributed by atoms with Crippen LogP contribution in [0.5, 0.6) is 0 Å². The van der Waals surface area contributed by atoms with Crippen LogP contribution in [0.1, 0.15) is 24.5 Å². The van der Waals surface area contributed by atoms with Crippen molar-refractivity contribution in [2.24, 2.45) is 4.99 Å². The monoisotopic (exact) mass is 250 g/mol. The summed E-state index contributed by atoms with van der Waals surface area (Å²) in [5, 5.41) is 4.01. The van der Waals surface area contributed by atoms with Crippen LogP contribution in [0.15, 0.2) is 21.8 Å². The number of rotatable bonds is 2. The Morgan fingerprint density at radius 1 is 1.47 bits per heavy atom. The number of ether oxygens (including phenoxy) is 1. The molecular weight excluding hydrogens is 236 g/mol. The van der Waals surface area contributed by atoms with E-state index < -0.39 is 0 Å². The van der Waals surface area contributed by atoms with Gasteiger partial charge in [-0.1, -0.05) is 0 Å². The molecular formula is C12H14N2O2S. The molecule has 17 heavy (non-hydrogen) atoms. The van der Waals surface area contributed by atoms with Crippen molar-refractivity contribution in [1.82, 2.24) is 4.90 Å². The lowest BCUT2D eigenvalue weighted by atomic mass is 10.1. The second-order valence-corrected chi connectivity index (χ2v) is 5.13. The zero-order valence-corrected chi connectivity index (χ0v) is 10.2.